The van der Waals surface area contributed by atoms with Gasteiger partial charge in [-0.1, -0.05) is 6.07 Å². The highest BCUT2D eigenvalue weighted by Crippen LogP contribution is 2.31. The van der Waals surface area contributed by atoms with Crippen LogP contribution in [0.3, 0.4) is 0 Å². The predicted molar refractivity (Wildman–Crippen MR) is 59.3 cm³/mol. The smallest absolute Gasteiger partial charge is 0.144 e. The van der Waals surface area contributed by atoms with Gasteiger partial charge in [0.1, 0.15) is 10.7 Å². The molecule has 0 spiro atoms. The molecule has 15 heavy (non-hydrogen) atoms. The van der Waals surface area contributed by atoms with Gasteiger partial charge in [0.2, 0.25) is 0 Å². The maximum atomic E-state index is 11.0. The Labute approximate surface area is 90.8 Å². The largest absolute Gasteiger partial charge is 0.733 e. The van der Waals surface area contributed by atoms with Crippen molar-refractivity contribution in [3.8, 4) is 0 Å². The molecule has 0 saturated carbocycles. The van der Waals surface area contributed by atoms with Gasteiger partial charge in [-0.05, 0) is 25.3 Å². The van der Waals surface area contributed by atoms with Crippen LogP contribution >= 0.6 is 11.8 Å². The molecule has 0 amide bonds. The fraction of sp³-hybridized carbons (Fsp3) is 0.222. The highest BCUT2D eigenvalue weighted by molar-refractivity contribution is 7.98. The van der Waals surface area contributed by atoms with E-state index < -0.39 is 0 Å². The third-order valence-electron chi connectivity index (χ3n) is 2.17. The van der Waals surface area contributed by atoms with Crippen LogP contribution in [0.5, 0.6) is 0 Å². The van der Waals surface area contributed by atoms with Crippen LogP contribution in [-0.4, -0.2) is 21.1 Å². The summed E-state index contributed by atoms with van der Waals surface area (Å²) in [5.41, 5.74) is 1.72. The number of fused-ring (bicyclic) bond motifs is 1. The van der Waals surface area contributed by atoms with E-state index in [1.165, 1.54) is 11.8 Å². The fourth-order valence-electron chi connectivity index (χ4n) is 1.49. The van der Waals surface area contributed by atoms with E-state index in [0.717, 1.165) is 5.69 Å². The zero-order valence-electron chi connectivity index (χ0n) is 8.34. The maximum absolute atomic E-state index is 11.0. The molecule has 5 nitrogen and oxygen atoms in total. The molecule has 0 saturated heterocycles. The van der Waals surface area contributed by atoms with Crippen molar-refractivity contribution in [3.63, 3.8) is 0 Å². The average Bonchev–Trinajstić information content (AvgIpc) is 2.57. The molecule has 2 aromatic heterocycles. The van der Waals surface area contributed by atoms with E-state index in [1.54, 1.807) is 10.6 Å². The summed E-state index contributed by atoms with van der Waals surface area (Å²) in [6.45, 7) is 1.89. The topological polar surface area (TPSA) is 63.8 Å². The third-order valence-corrected chi connectivity index (χ3v) is 2.84. The summed E-state index contributed by atoms with van der Waals surface area (Å²) in [6.07, 6.45) is 1.81. The van der Waals surface area contributed by atoms with Gasteiger partial charge in [0.05, 0.1) is 5.52 Å². The van der Waals surface area contributed by atoms with E-state index >= 15 is 0 Å². The van der Waals surface area contributed by atoms with Crippen molar-refractivity contribution in [2.45, 2.75) is 11.9 Å². The lowest BCUT2D eigenvalue weighted by atomic mass is 10.3. The van der Waals surface area contributed by atoms with Gasteiger partial charge in [0.15, 0.2) is 0 Å². The second-order valence-electron chi connectivity index (χ2n) is 3.10. The molecule has 80 valence electrons. The van der Waals surface area contributed by atoms with Crippen molar-refractivity contribution in [2.75, 3.05) is 11.5 Å². The molecule has 0 atom stereocenters. The van der Waals surface area contributed by atoms with Crippen LogP contribution in [0.1, 0.15) is 5.69 Å². The van der Waals surface area contributed by atoms with Crippen molar-refractivity contribution >= 4 is 23.0 Å². The molecule has 2 aromatic rings. The summed E-state index contributed by atoms with van der Waals surface area (Å²) in [5.74, 6) is 0. The highest BCUT2D eigenvalue weighted by Gasteiger charge is 2.13. The molecule has 0 unspecified atom stereocenters. The molecule has 0 aliphatic carbocycles. The quantitative estimate of drug-likeness (QED) is 0.624. The first-order chi connectivity index (χ1) is 7.15. The van der Waals surface area contributed by atoms with Crippen molar-refractivity contribution in [2.24, 2.45) is 0 Å². The molecule has 6 heteroatoms. The summed E-state index contributed by atoms with van der Waals surface area (Å²) in [4.78, 5) is 0. The van der Waals surface area contributed by atoms with Gasteiger partial charge >= 0.3 is 0 Å². The monoisotopic (exact) mass is 224 g/mol. The number of rotatable bonds is 2. The molecule has 2 heterocycles. The van der Waals surface area contributed by atoms with Gasteiger partial charge in [0, 0.05) is 5.69 Å². The number of nitrogens with zero attached hydrogens (tertiary/aromatic N) is 3. The lowest BCUT2D eigenvalue weighted by molar-refractivity contribution is 0.295. The Morgan fingerprint density at radius 3 is 2.87 bits per heavy atom. The number of thioether (sulfide) groups is 1. The molecule has 2 rings (SSSR count). The zero-order valence-corrected chi connectivity index (χ0v) is 9.15. The molecule has 0 aromatic carbocycles. The molecular formula is C9H10N3O2S-. The number of aromatic nitrogens is 2. The van der Waals surface area contributed by atoms with Gasteiger partial charge in [-0.2, -0.15) is 5.10 Å². The van der Waals surface area contributed by atoms with Crippen LogP contribution in [0.15, 0.2) is 23.2 Å². The van der Waals surface area contributed by atoms with Crippen LogP contribution in [-0.2, 0) is 0 Å². The number of hydrogen-bond acceptors (Lipinski definition) is 5. The molecule has 0 bridgehead atoms. The Morgan fingerprint density at radius 1 is 1.53 bits per heavy atom. The summed E-state index contributed by atoms with van der Waals surface area (Å²) in [5, 5.41) is 24.7. The molecule has 0 fully saturated rings. The summed E-state index contributed by atoms with van der Waals surface area (Å²) in [6, 6.07) is 5.46. The van der Waals surface area contributed by atoms with Gasteiger partial charge < -0.3 is 10.4 Å². The minimum absolute atomic E-state index is 0.131. The van der Waals surface area contributed by atoms with Crippen molar-refractivity contribution in [1.82, 2.24) is 9.61 Å². The van der Waals surface area contributed by atoms with Crippen molar-refractivity contribution in [3.05, 3.63) is 29.1 Å². The van der Waals surface area contributed by atoms with Gasteiger partial charge in [-0.15, -0.1) is 11.8 Å². The Kier molecular flexibility index (Phi) is 2.56. The number of hydrogen-bond donors (Lipinski definition) is 1. The molecule has 0 aliphatic rings. The van der Waals surface area contributed by atoms with Gasteiger partial charge in [-0.25, -0.2) is 4.52 Å². The first kappa shape index (κ1) is 10.3. The minimum atomic E-state index is -0.131. The Bertz CT molecular complexity index is 495. The molecular weight excluding hydrogens is 214 g/mol. The lowest BCUT2D eigenvalue weighted by Gasteiger charge is -2.20. The van der Waals surface area contributed by atoms with E-state index in [4.69, 9.17) is 5.21 Å². The van der Waals surface area contributed by atoms with Crippen LogP contribution in [0, 0.1) is 12.1 Å². The number of anilines is 1. The lowest BCUT2D eigenvalue weighted by Crippen LogP contribution is -2.07. The van der Waals surface area contributed by atoms with E-state index in [-0.39, 0.29) is 10.9 Å². The Hall–Kier alpha value is -1.24. The molecule has 1 N–H and O–H groups in total. The summed E-state index contributed by atoms with van der Waals surface area (Å²) >= 11 is 1.32. The standard InChI is InChI=1S/C9H10N3O2S/c1-6-4-3-5-7-8(12(13)14)9(15-2)10-11(6)7/h3-5,13H,1-2H3/q-1. The second-order valence-corrected chi connectivity index (χ2v) is 3.89. The minimum Gasteiger partial charge on any atom is -0.733 e. The van der Waals surface area contributed by atoms with Crippen molar-refractivity contribution in [1.29, 1.82) is 0 Å². The second kappa shape index (κ2) is 3.73. The SMILES string of the molecule is CSc1nn2c(C)cccc2c1N([O-])O. The Morgan fingerprint density at radius 2 is 2.27 bits per heavy atom. The number of pyridine rings is 1. The van der Waals surface area contributed by atoms with E-state index in [2.05, 4.69) is 5.10 Å². The van der Waals surface area contributed by atoms with Gasteiger partial charge in [0.25, 0.3) is 0 Å². The Balaban J connectivity index is 2.80. The third kappa shape index (κ3) is 1.56. The normalized spacial score (nSPS) is 10.9. The van der Waals surface area contributed by atoms with Crippen LogP contribution in [0.25, 0.3) is 5.52 Å². The summed E-state index contributed by atoms with van der Waals surface area (Å²) in [7, 11) is 0. The average molecular weight is 224 g/mol. The molecule has 0 aliphatic heterocycles. The van der Waals surface area contributed by atoms with Crippen LogP contribution < -0.4 is 5.23 Å². The zero-order chi connectivity index (χ0) is 11.0. The predicted octanol–water partition coefficient (Wildman–Crippen LogP) is 2.06. The van der Waals surface area contributed by atoms with Crippen LogP contribution in [0.2, 0.25) is 0 Å². The van der Waals surface area contributed by atoms with Gasteiger partial charge in [-0.3, -0.25) is 5.21 Å². The van der Waals surface area contributed by atoms with E-state index in [0.29, 0.717) is 10.5 Å². The first-order valence-electron chi connectivity index (χ1n) is 4.33. The maximum Gasteiger partial charge on any atom is 0.144 e. The van der Waals surface area contributed by atoms with E-state index in [9.17, 15) is 5.21 Å². The van der Waals surface area contributed by atoms with E-state index in [1.807, 2.05) is 25.3 Å². The number of aryl methyl sites for hydroxylation is 1. The fourth-order valence-corrected chi connectivity index (χ4v) is 2.03. The van der Waals surface area contributed by atoms with Crippen molar-refractivity contribution < 1.29 is 5.21 Å². The highest BCUT2D eigenvalue weighted by atomic mass is 32.2. The van der Waals surface area contributed by atoms with Crippen LogP contribution in [0.4, 0.5) is 5.69 Å². The summed E-state index contributed by atoms with van der Waals surface area (Å²) < 4.78 is 1.64. The molecule has 0 radical (unpaired) electrons. The first-order valence-corrected chi connectivity index (χ1v) is 5.56.